The molecule has 2 aromatic heterocycles. The Kier molecular flexibility index (Phi) is 5.77. The molecule has 0 bridgehead atoms. The first kappa shape index (κ1) is 22.5. The number of pyridine rings is 1. The maximum absolute atomic E-state index is 13.8. The zero-order chi connectivity index (χ0) is 24.6. The summed E-state index contributed by atoms with van der Waals surface area (Å²) in [6, 6.07) is 21.7. The van der Waals surface area contributed by atoms with Crippen molar-refractivity contribution in [3.63, 3.8) is 0 Å². The van der Waals surface area contributed by atoms with Gasteiger partial charge in [0.2, 0.25) is 5.88 Å². The van der Waals surface area contributed by atoms with Gasteiger partial charge in [-0.1, -0.05) is 30.3 Å². The van der Waals surface area contributed by atoms with Gasteiger partial charge in [0.05, 0.1) is 17.7 Å². The van der Waals surface area contributed by atoms with Crippen LogP contribution in [0.5, 0.6) is 5.88 Å². The lowest BCUT2D eigenvalue weighted by molar-refractivity contribution is 0.0953. The van der Waals surface area contributed by atoms with Crippen LogP contribution in [0.15, 0.2) is 72.9 Å². The van der Waals surface area contributed by atoms with Crippen LogP contribution in [0.1, 0.15) is 38.4 Å². The van der Waals surface area contributed by atoms with E-state index in [0.717, 1.165) is 50.5 Å². The molecule has 0 unspecified atom stereocenters. The van der Waals surface area contributed by atoms with Crippen LogP contribution in [0.25, 0.3) is 21.6 Å². The molecule has 1 saturated carbocycles. The van der Waals surface area contributed by atoms with Gasteiger partial charge in [0.1, 0.15) is 0 Å². The lowest BCUT2D eigenvalue weighted by atomic mass is 10.0. The Hall–Kier alpha value is -3.97. The van der Waals surface area contributed by atoms with E-state index in [-0.39, 0.29) is 11.8 Å². The SMILES string of the molecule is COc1ccc(-c2cccc(C(=O)N3CCc4cc(C(=O)NC5CC5)sc4-c4ccccc43)c2)cn1. The minimum Gasteiger partial charge on any atom is -0.481 e. The Morgan fingerprint density at radius 3 is 2.67 bits per heavy atom. The molecule has 0 radical (unpaired) electrons. The first-order valence-electron chi connectivity index (χ1n) is 12.1. The summed E-state index contributed by atoms with van der Waals surface area (Å²) in [4.78, 5) is 34.4. The number of rotatable bonds is 5. The molecule has 2 aromatic carbocycles. The number of amides is 2. The average molecular weight is 496 g/mol. The molecule has 1 fully saturated rings. The minimum absolute atomic E-state index is 0.00539. The number of fused-ring (bicyclic) bond motifs is 3. The fourth-order valence-electron chi connectivity index (χ4n) is 4.56. The van der Waals surface area contributed by atoms with Gasteiger partial charge in [-0.2, -0.15) is 0 Å². The zero-order valence-corrected chi connectivity index (χ0v) is 20.7. The van der Waals surface area contributed by atoms with Crippen LogP contribution in [0.3, 0.4) is 0 Å². The van der Waals surface area contributed by atoms with Gasteiger partial charge in [0, 0.05) is 46.4 Å². The monoisotopic (exact) mass is 495 g/mol. The van der Waals surface area contributed by atoms with E-state index in [0.29, 0.717) is 30.5 Å². The third-order valence-electron chi connectivity index (χ3n) is 6.62. The Labute approximate surface area is 213 Å². The third kappa shape index (κ3) is 4.27. The molecule has 0 saturated heterocycles. The van der Waals surface area contributed by atoms with Crippen LogP contribution in [-0.4, -0.2) is 36.5 Å². The smallest absolute Gasteiger partial charge is 0.261 e. The number of hydrogen-bond acceptors (Lipinski definition) is 5. The molecular weight excluding hydrogens is 470 g/mol. The van der Waals surface area contributed by atoms with Gasteiger partial charge < -0.3 is 15.0 Å². The van der Waals surface area contributed by atoms with Crippen molar-refractivity contribution in [1.29, 1.82) is 0 Å². The third-order valence-corrected chi connectivity index (χ3v) is 7.83. The van der Waals surface area contributed by atoms with Crippen LogP contribution in [-0.2, 0) is 6.42 Å². The largest absolute Gasteiger partial charge is 0.481 e. The fraction of sp³-hybridized carbons (Fsp3) is 0.207. The van der Waals surface area contributed by atoms with Crippen LogP contribution >= 0.6 is 11.3 Å². The van der Waals surface area contributed by atoms with Gasteiger partial charge in [0.15, 0.2) is 0 Å². The van der Waals surface area contributed by atoms with Crippen LogP contribution in [0, 0.1) is 0 Å². The quantitative estimate of drug-likeness (QED) is 0.392. The fourth-order valence-corrected chi connectivity index (χ4v) is 5.71. The molecule has 1 aliphatic heterocycles. The van der Waals surface area contributed by atoms with E-state index in [1.54, 1.807) is 13.3 Å². The maximum Gasteiger partial charge on any atom is 0.261 e. The molecule has 2 aliphatic rings. The molecule has 4 aromatic rings. The number of hydrogen-bond donors (Lipinski definition) is 1. The molecule has 180 valence electrons. The van der Waals surface area contributed by atoms with E-state index in [9.17, 15) is 9.59 Å². The van der Waals surface area contributed by atoms with Gasteiger partial charge in [0.25, 0.3) is 11.8 Å². The Bertz CT molecular complexity index is 1460. The van der Waals surface area contributed by atoms with Crippen LogP contribution in [0.4, 0.5) is 5.69 Å². The molecule has 6 rings (SSSR count). The number of carbonyl (C=O) groups is 2. The van der Waals surface area contributed by atoms with E-state index in [2.05, 4.69) is 10.3 Å². The predicted octanol–water partition coefficient (Wildman–Crippen LogP) is 5.58. The lowest BCUT2D eigenvalue weighted by Gasteiger charge is -2.23. The number of carbonyl (C=O) groups excluding carboxylic acids is 2. The van der Waals surface area contributed by atoms with Gasteiger partial charge in [-0.3, -0.25) is 9.59 Å². The van der Waals surface area contributed by atoms with Gasteiger partial charge in [-0.25, -0.2) is 4.98 Å². The van der Waals surface area contributed by atoms with Gasteiger partial charge >= 0.3 is 0 Å². The van der Waals surface area contributed by atoms with Crippen molar-refractivity contribution in [3.05, 3.63) is 88.9 Å². The van der Waals surface area contributed by atoms with E-state index >= 15 is 0 Å². The summed E-state index contributed by atoms with van der Waals surface area (Å²) in [6.07, 6.45) is 4.56. The van der Waals surface area contributed by atoms with Crippen molar-refractivity contribution in [1.82, 2.24) is 10.3 Å². The molecule has 36 heavy (non-hydrogen) atoms. The number of nitrogens with zero attached hydrogens (tertiary/aromatic N) is 2. The normalized spacial score (nSPS) is 14.4. The molecule has 1 N–H and O–H groups in total. The number of anilines is 1. The summed E-state index contributed by atoms with van der Waals surface area (Å²) in [6.45, 7) is 0.539. The van der Waals surface area contributed by atoms with E-state index in [1.807, 2.05) is 71.6 Å². The van der Waals surface area contributed by atoms with Crippen molar-refractivity contribution in [2.75, 3.05) is 18.6 Å². The summed E-state index contributed by atoms with van der Waals surface area (Å²) >= 11 is 1.51. The summed E-state index contributed by atoms with van der Waals surface area (Å²) in [5, 5.41) is 3.09. The minimum atomic E-state index is -0.0485. The Morgan fingerprint density at radius 2 is 1.89 bits per heavy atom. The van der Waals surface area contributed by atoms with E-state index in [4.69, 9.17) is 4.74 Å². The Balaban J connectivity index is 1.32. The summed E-state index contributed by atoms with van der Waals surface area (Å²) < 4.78 is 5.16. The lowest BCUT2D eigenvalue weighted by Crippen LogP contribution is -2.32. The van der Waals surface area contributed by atoms with Crippen LogP contribution < -0.4 is 15.0 Å². The first-order valence-corrected chi connectivity index (χ1v) is 12.9. The Morgan fingerprint density at radius 1 is 1.03 bits per heavy atom. The second kappa shape index (κ2) is 9.24. The highest BCUT2D eigenvalue weighted by Gasteiger charge is 2.29. The number of methoxy groups -OCH3 is 1. The van der Waals surface area contributed by atoms with Crippen molar-refractivity contribution in [2.45, 2.75) is 25.3 Å². The number of aromatic nitrogens is 1. The van der Waals surface area contributed by atoms with Crippen molar-refractivity contribution < 1.29 is 14.3 Å². The molecule has 0 spiro atoms. The molecule has 0 atom stereocenters. The number of para-hydroxylation sites is 1. The summed E-state index contributed by atoms with van der Waals surface area (Å²) in [5.41, 5.74) is 5.43. The number of benzene rings is 2. The van der Waals surface area contributed by atoms with Crippen LogP contribution in [0.2, 0.25) is 0 Å². The van der Waals surface area contributed by atoms with Gasteiger partial charge in [-0.05, 0) is 60.7 Å². The first-order chi connectivity index (χ1) is 17.6. The zero-order valence-electron chi connectivity index (χ0n) is 19.9. The van der Waals surface area contributed by atoms with Crippen molar-refractivity contribution >= 4 is 28.8 Å². The predicted molar refractivity (Wildman–Crippen MR) is 142 cm³/mol. The maximum atomic E-state index is 13.8. The number of nitrogens with one attached hydrogen (secondary N) is 1. The second-order valence-electron chi connectivity index (χ2n) is 9.11. The number of thiophene rings is 1. The molecule has 1 aliphatic carbocycles. The molecule has 7 heteroatoms. The highest BCUT2D eigenvalue weighted by molar-refractivity contribution is 7.17. The van der Waals surface area contributed by atoms with Crippen molar-refractivity contribution in [2.24, 2.45) is 0 Å². The number of ether oxygens (including phenoxy) is 1. The molecular formula is C29H25N3O3S. The topological polar surface area (TPSA) is 71.5 Å². The summed E-state index contributed by atoms with van der Waals surface area (Å²) in [7, 11) is 1.59. The summed E-state index contributed by atoms with van der Waals surface area (Å²) in [5.74, 6) is 0.506. The molecule has 6 nitrogen and oxygen atoms in total. The van der Waals surface area contributed by atoms with E-state index < -0.39 is 0 Å². The van der Waals surface area contributed by atoms with Gasteiger partial charge in [-0.15, -0.1) is 11.3 Å². The standard InChI is InChI=1S/C29H25N3O3S/c1-35-26-12-9-21(17-30-26)18-5-4-6-20(15-18)29(34)32-14-13-19-16-25(28(33)31-22-10-11-22)36-27(19)23-7-2-3-8-24(23)32/h2-9,12,15-17,22H,10-11,13-14H2,1H3,(H,31,33). The average Bonchev–Trinajstić information content (AvgIpc) is 3.67. The molecule has 3 heterocycles. The molecule has 2 amide bonds. The van der Waals surface area contributed by atoms with Crippen molar-refractivity contribution in [3.8, 4) is 27.4 Å². The highest BCUT2D eigenvalue weighted by Crippen LogP contribution is 2.42. The highest BCUT2D eigenvalue weighted by atomic mass is 32.1. The van der Waals surface area contributed by atoms with E-state index in [1.165, 1.54) is 11.3 Å². The second-order valence-corrected chi connectivity index (χ2v) is 10.2.